The number of nitrogens with one attached hydrogen (secondary N) is 1. The Labute approximate surface area is 166 Å². The van der Waals surface area contributed by atoms with E-state index in [-0.39, 0.29) is 18.2 Å². The minimum Gasteiger partial charge on any atom is -0.444 e. The zero-order chi connectivity index (χ0) is 20.0. The summed E-state index contributed by atoms with van der Waals surface area (Å²) in [7, 11) is 0. The van der Waals surface area contributed by atoms with Crippen molar-refractivity contribution >= 4 is 17.7 Å². The summed E-state index contributed by atoms with van der Waals surface area (Å²) in [6.07, 6.45) is 2.18. The molecule has 5 rings (SSSR count). The molecule has 0 bridgehead atoms. The second-order valence-corrected chi connectivity index (χ2v) is 7.18. The van der Waals surface area contributed by atoms with Crippen LogP contribution in [0.4, 0.5) is 0 Å². The Bertz CT molecular complexity index is 1140. The highest BCUT2D eigenvalue weighted by atomic mass is 16.3. The Kier molecular flexibility index (Phi) is 4.01. The van der Waals surface area contributed by atoms with E-state index in [0.29, 0.717) is 30.1 Å². The summed E-state index contributed by atoms with van der Waals surface area (Å²) in [6.45, 7) is 0.331. The van der Waals surface area contributed by atoms with Crippen LogP contribution in [0.2, 0.25) is 0 Å². The summed E-state index contributed by atoms with van der Waals surface area (Å²) in [5, 5.41) is 2.31. The van der Waals surface area contributed by atoms with Crippen LogP contribution in [0.3, 0.4) is 0 Å². The lowest BCUT2D eigenvalue weighted by Gasteiger charge is -2.29. The third-order valence-corrected chi connectivity index (χ3v) is 5.34. The molecule has 0 radical (unpaired) electrons. The topological polar surface area (TPSA) is 92.5 Å². The lowest BCUT2D eigenvalue weighted by Crippen LogP contribution is -2.52. The molecule has 3 aromatic rings. The van der Waals surface area contributed by atoms with Crippen LogP contribution in [0, 0.1) is 0 Å². The van der Waals surface area contributed by atoms with Gasteiger partial charge in [0.05, 0.1) is 0 Å². The van der Waals surface area contributed by atoms with Crippen LogP contribution in [0.25, 0.3) is 22.7 Å². The van der Waals surface area contributed by atoms with Gasteiger partial charge in [0.1, 0.15) is 18.0 Å². The summed E-state index contributed by atoms with van der Waals surface area (Å²) in [4.78, 5) is 42.4. The molecular weight excluding hydrogens is 370 g/mol. The molecule has 144 valence electrons. The summed E-state index contributed by atoms with van der Waals surface area (Å²) in [5.74, 6) is -0.363. The van der Waals surface area contributed by atoms with Crippen molar-refractivity contribution in [1.29, 1.82) is 0 Å². The van der Waals surface area contributed by atoms with Crippen LogP contribution in [0.15, 0.2) is 59.2 Å². The first-order valence-electron chi connectivity index (χ1n) is 9.39. The SMILES string of the molecule is O=C1CCC(N2Cc3cc(-c4coc(-c5ccccc5)n4)ccc3C2=O)C(=O)N1. The van der Waals surface area contributed by atoms with E-state index in [2.05, 4.69) is 10.3 Å². The van der Waals surface area contributed by atoms with Crippen LogP contribution in [-0.2, 0) is 16.1 Å². The maximum atomic E-state index is 12.8. The molecule has 3 heterocycles. The standard InChI is InChI=1S/C22H17N3O4/c26-19-9-8-18(20(27)24-19)25-11-15-10-14(6-7-16(15)22(25)28)17-12-29-21(23-17)13-4-2-1-3-5-13/h1-7,10,12,18H,8-9,11H2,(H,24,26,27). The van der Waals surface area contributed by atoms with Gasteiger partial charge in [-0.2, -0.15) is 0 Å². The van der Waals surface area contributed by atoms with Crippen molar-refractivity contribution < 1.29 is 18.8 Å². The molecule has 1 atom stereocenters. The Morgan fingerprint density at radius 1 is 1.03 bits per heavy atom. The van der Waals surface area contributed by atoms with Gasteiger partial charge >= 0.3 is 0 Å². The monoisotopic (exact) mass is 387 g/mol. The van der Waals surface area contributed by atoms with Crippen molar-refractivity contribution in [2.45, 2.75) is 25.4 Å². The predicted molar refractivity (Wildman–Crippen MR) is 103 cm³/mol. The van der Waals surface area contributed by atoms with E-state index >= 15 is 0 Å². The number of piperidine rings is 1. The van der Waals surface area contributed by atoms with E-state index in [0.717, 1.165) is 16.7 Å². The van der Waals surface area contributed by atoms with Crippen LogP contribution in [0.1, 0.15) is 28.8 Å². The molecule has 1 saturated heterocycles. The first-order valence-corrected chi connectivity index (χ1v) is 9.39. The first-order chi connectivity index (χ1) is 14.1. The molecule has 7 nitrogen and oxygen atoms in total. The van der Waals surface area contributed by atoms with Gasteiger partial charge < -0.3 is 9.32 Å². The van der Waals surface area contributed by atoms with E-state index in [4.69, 9.17) is 4.42 Å². The highest BCUT2D eigenvalue weighted by Crippen LogP contribution is 2.32. The lowest BCUT2D eigenvalue weighted by molar-refractivity contribution is -0.136. The first kappa shape index (κ1) is 17.4. The van der Waals surface area contributed by atoms with Gasteiger partial charge in [-0.15, -0.1) is 0 Å². The maximum Gasteiger partial charge on any atom is 0.255 e. The maximum absolute atomic E-state index is 12.8. The normalized spacial score (nSPS) is 18.7. The van der Waals surface area contributed by atoms with E-state index in [9.17, 15) is 14.4 Å². The quantitative estimate of drug-likeness (QED) is 0.698. The Morgan fingerprint density at radius 2 is 1.86 bits per heavy atom. The van der Waals surface area contributed by atoms with Gasteiger partial charge in [0, 0.05) is 29.7 Å². The van der Waals surface area contributed by atoms with Crippen molar-refractivity contribution in [3.63, 3.8) is 0 Å². The van der Waals surface area contributed by atoms with Crippen LogP contribution >= 0.6 is 0 Å². The minimum absolute atomic E-state index is 0.189. The van der Waals surface area contributed by atoms with Gasteiger partial charge in [-0.3, -0.25) is 19.7 Å². The number of rotatable bonds is 3. The number of hydrogen-bond acceptors (Lipinski definition) is 5. The smallest absolute Gasteiger partial charge is 0.255 e. The van der Waals surface area contributed by atoms with E-state index in [1.165, 1.54) is 4.90 Å². The van der Waals surface area contributed by atoms with E-state index in [1.807, 2.05) is 42.5 Å². The largest absolute Gasteiger partial charge is 0.444 e. The van der Waals surface area contributed by atoms with Crippen molar-refractivity contribution in [2.75, 3.05) is 0 Å². The second kappa shape index (κ2) is 6.70. The molecule has 0 spiro atoms. The van der Waals surface area contributed by atoms with Gasteiger partial charge in [-0.1, -0.05) is 24.3 Å². The molecule has 2 aliphatic heterocycles. The molecule has 1 N–H and O–H groups in total. The fraction of sp³-hybridized carbons (Fsp3) is 0.182. The van der Waals surface area contributed by atoms with Gasteiger partial charge in [-0.05, 0) is 36.2 Å². The Morgan fingerprint density at radius 3 is 2.66 bits per heavy atom. The van der Waals surface area contributed by atoms with Crippen LogP contribution in [0.5, 0.6) is 0 Å². The van der Waals surface area contributed by atoms with Gasteiger partial charge in [0.15, 0.2) is 0 Å². The highest BCUT2D eigenvalue weighted by molar-refractivity contribution is 6.05. The van der Waals surface area contributed by atoms with Gasteiger partial charge in [0.2, 0.25) is 17.7 Å². The average Bonchev–Trinajstić information content (AvgIpc) is 3.34. The molecule has 7 heteroatoms. The molecule has 29 heavy (non-hydrogen) atoms. The van der Waals surface area contributed by atoms with Crippen molar-refractivity contribution in [3.05, 3.63) is 65.9 Å². The number of amides is 3. The minimum atomic E-state index is -0.618. The van der Waals surface area contributed by atoms with E-state index < -0.39 is 11.9 Å². The summed E-state index contributed by atoms with van der Waals surface area (Å²) in [6, 6.07) is 14.5. The molecule has 2 aliphatic rings. The number of carbonyl (C=O) groups excluding carboxylic acids is 3. The summed E-state index contributed by atoms with van der Waals surface area (Å²) in [5.41, 5.74) is 3.82. The molecule has 0 saturated carbocycles. The van der Waals surface area contributed by atoms with Gasteiger partial charge in [0.25, 0.3) is 5.91 Å². The zero-order valence-electron chi connectivity index (χ0n) is 15.4. The predicted octanol–water partition coefficient (Wildman–Crippen LogP) is 2.77. The summed E-state index contributed by atoms with van der Waals surface area (Å²) < 4.78 is 5.61. The fourth-order valence-electron chi connectivity index (χ4n) is 3.85. The average molecular weight is 387 g/mol. The van der Waals surface area contributed by atoms with Crippen LogP contribution < -0.4 is 5.32 Å². The number of nitrogens with zero attached hydrogens (tertiary/aromatic N) is 2. The Hall–Kier alpha value is -3.74. The lowest BCUT2D eigenvalue weighted by atomic mass is 10.0. The molecule has 1 fully saturated rings. The molecule has 1 aromatic heterocycles. The number of aromatic nitrogens is 1. The third-order valence-electron chi connectivity index (χ3n) is 5.34. The summed E-state index contributed by atoms with van der Waals surface area (Å²) >= 11 is 0. The molecule has 3 amide bonds. The number of fused-ring (bicyclic) bond motifs is 1. The third kappa shape index (κ3) is 3.00. The molecule has 0 aliphatic carbocycles. The molecular formula is C22H17N3O4. The molecule has 1 unspecified atom stereocenters. The number of imide groups is 1. The van der Waals surface area contributed by atoms with Gasteiger partial charge in [-0.25, -0.2) is 4.98 Å². The van der Waals surface area contributed by atoms with E-state index in [1.54, 1.807) is 12.3 Å². The number of benzene rings is 2. The Balaban J connectivity index is 1.41. The fourth-order valence-corrected chi connectivity index (χ4v) is 3.85. The second-order valence-electron chi connectivity index (χ2n) is 7.18. The van der Waals surface area contributed by atoms with Crippen molar-refractivity contribution in [2.24, 2.45) is 0 Å². The number of oxazole rings is 1. The number of carbonyl (C=O) groups is 3. The molecule has 2 aromatic carbocycles. The highest BCUT2D eigenvalue weighted by Gasteiger charge is 2.39. The van der Waals surface area contributed by atoms with Crippen LogP contribution in [-0.4, -0.2) is 33.6 Å². The van der Waals surface area contributed by atoms with Crippen molar-refractivity contribution in [1.82, 2.24) is 15.2 Å². The van der Waals surface area contributed by atoms with Crippen molar-refractivity contribution in [3.8, 4) is 22.7 Å². The number of hydrogen-bond donors (Lipinski definition) is 1. The zero-order valence-corrected chi connectivity index (χ0v) is 15.4.